The lowest BCUT2D eigenvalue weighted by molar-refractivity contribution is 0.160. The molecule has 1 fully saturated rings. The predicted molar refractivity (Wildman–Crippen MR) is 125 cm³/mol. The van der Waals surface area contributed by atoms with E-state index in [1.54, 1.807) is 13.3 Å². The minimum Gasteiger partial charge on any atom is -0.383 e. The number of amides is 2. The number of halogens is 2. The molecule has 2 heterocycles. The molecule has 0 saturated carbocycles. The summed E-state index contributed by atoms with van der Waals surface area (Å²) in [5, 5.41) is 5.99. The molecule has 0 bridgehead atoms. The van der Waals surface area contributed by atoms with Gasteiger partial charge in [-0.15, -0.1) is 0 Å². The van der Waals surface area contributed by atoms with E-state index in [4.69, 9.17) is 4.74 Å². The number of carbonyl (C=O) groups excluding carboxylic acids is 1. The Balaban J connectivity index is 0.000000323. The van der Waals surface area contributed by atoms with Gasteiger partial charge >= 0.3 is 6.03 Å². The van der Waals surface area contributed by atoms with Crippen molar-refractivity contribution in [1.29, 1.82) is 0 Å². The van der Waals surface area contributed by atoms with E-state index in [0.29, 0.717) is 5.69 Å². The molecule has 6 nitrogen and oxygen atoms in total. The highest BCUT2D eigenvalue weighted by Crippen LogP contribution is 2.25. The number of aromatic nitrogens is 1. The van der Waals surface area contributed by atoms with Gasteiger partial charge in [-0.1, -0.05) is 42.5 Å². The number of benzene rings is 2. The second kappa shape index (κ2) is 12.6. The maximum Gasteiger partial charge on any atom is 0.319 e. The van der Waals surface area contributed by atoms with E-state index >= 15 is 0 Å². The third-order valence-electron chi connectivity index (χ3n) is 5.15. The van der Waals surface area contributed by atoms with E-state index in [9.17, 15) is 13.6 Å². The molecule has 8 heteroatoms. The average Bonchev–Trinajstić information content (AvgIpc) is 3.28. The van der Waals surface area contributed by atoms with Gasteiger partial charge in [0.1, 0.15) is 0 Å². The Bertz CT molecular complexity index is 999. The Morgan fingerprint density at radius 1 is 1.06 bits per heavy atom. The first-order chi connectivity index (χ1) is 16.1. The van der Waals surface area contributed by atoms with Crippen LogP contribution in [0.4, 0.5) is 19.3 Å². The third kappa shape index (κ3) is 7.62. The molecule has 1 unspecified atom stereocenters. The summed E-state index contributed by atoms with van der Waals surface area (Å²) in [4.78, 5) is 19.1. The molecule has 3 aromatic rings. The molecule has 1 aliphatic rings. The van der Waals surface area contributed by atoms with Crippen LogP contribution in [0.1, 0.15) is 6.42 Å². The fourth-order valence-electron chi connectivity index (χ4n) is 3.49. The first-order valence-corrected chi connectivity index (χ1v) is 10.8. The summed E-state index contributed by atoms with van der Waals surface area (Å²) in [5.74, 6) is -1.60. The van der Waals surface area contributed by atoms with E-state index in [1.807, 2.05) is 42.5 Å². The Kier molecular flexibility index (Phi) is 9.29. The zero-order valence-electron chi connectivity index (χ0n) is 18.5. The highest BCUT2D eigenvalue weighted by molar-refractivity contribution is 5.93. The largest absolute Gasteiger partial charge is 0.383 e. The molecular formula is C25H28F2N4O2. The van der Waals surface area contributed by atoms with Gasteiger partial charge in [0.05, 0.1) is 18.0 Å². The van der Waals surface area contributed by atoms with E-state index in [1.165, 1.54) is 12.1 Å². The molecule has 4 rings (SSSR count). The molecule has 2 N–H and O–H groups in total. The maximum atomic E-state index is 12.4. The molecular weight excluding hydrogens is 426 g/mol. The normalized spacial score (nSPS) is 15.4. The van der Waals surface area contributed by atoms with Gasteiger partial charge in [0, 0.05) is 44.5 Å². The monoisotopic (exact) mass is 454 g/mol. The van der Waals surface area contributed by atoms with Crippen molar-refractivity contribution in [2.24, 2.45) is 0 Å². The summed E-state index contributed by atoms with van der Waals surface area (Å²) >= 11 is 0. The molecule has 33 heavy (non-hydrogen) atoms. The van der Waals surface area contributed by atoms with Gasteiger partial charge in [-0.25, -0.2) is 13.6 Å². The van der Waals surface area contributed by atoms with Gasteiger partial charge in [-0.05, 0) is 30.7 Å². The number of hydrogen-bond donors (Lipinski definition) is 2. The van der Waals surface area contributed by atoms with E-state index < -0.39 is 11.6 Å². The molecule has 1 atom stereocenters. The number of likely N-dealkylation sites (tertiary alicyclic amines) is 1. The second-order valence-corrected chi connectivity index (χ2v) is 7.56. The van der Waals surface area contributed by atoms with Crippen molar-refractivity contribution < 1.29 is 18.3 Å². The van der Waals surface area contributed by atoms with Gasteiger partial charge < -0.3 is 15.4 Å². The van der Waals surface area contributed by atoms with Crippen LogP contribution < -0.4 is 10.6 Å². The Labute approximate surface area is 192 Å². The van der Waals surface area contributed by atoms with Crippen LogP contribution in [-0.2, 0) is 4.74 Å². The summed E-state index contributed by atoms with van der Waals surface area (Å²) in [6, 6.07) is 18.5. The summed E-state index contributed by atoms with van der Waals surface area (Å²) in [6.07, 6.45) is 2.69. The zero-order chi connectivity index (χ0) is 23.5. The van der Waals surface area contributed by atoms with Crippen LogP contribution in [0.25, 0.3) is 11.3 Å². The van der Waals surface area contributed by atoms with Crippen LogP contribution in [0.5, 0.6) is 0 Å². The number of methoxy groups -OCH3 is 1. The van der Waals surface area contributed by atoms with Crippen molar-refractivity contribution in [3.63, 3.8) is 0 Å². The number of nitrogens with one attached hydrogen (secondary N) is 2. The number of pyridine rings is 1. The zero-order valence-corrected chi connectivity index (χ0v) is 18.5. The highest BCUT2D eigenvalue weighted by Gasteiger charge is 2.23. The van der Waals surface area contributed by atoms with Crippen LogP contribution in [0.2, 0.25) is 0 Å². The smallest absolute Gasteiger partial charge is 0.319 e. The Morgan fingerprint density at radius 3 is 2.42 bits per heavy atom. The van der Waals surface area contributed by atoms with E-state index in [2.05, 4.69) is 20.5 Å². The molecule has 1 aliphatic heterocycles. The number of hydrogen-bond acceptors (Lipinski definition) is 4. The third-order valence-corrected chi connectivity index (χ3v) is 5.15. The fourth-order valence-corrected chi connectivity index (χ4v) is 3.49. The molecule has 174 valence electrons. The van der Waals surface area contributed by atoms with Crippen LogP contribution in [0.15, 0.2) is 72.9 Å². The predicted octanol–water partition coefficient (Wildman–Crippen LogP) is 4.56. The lowest BCUT2D eigenvalue weighted by Crippen LogP contribution is -2.40. The van der Waals surface area contributed by atoms with E-state index in [0.717, 1.165) is 56.1 Å². The van der Waals surface area contributed by atoms with Crippen LogP contribution in [-0.4, -0.2) is 55.3 Å². The lowest BCUT2D eigenvalue weighted by atomic mass is 10.1. The van der Waals surface area contributed by atoms with Crippen LogP contribution >= 0.6 is 0 Å². The molecule has 1 saturated heterocycles. The lowest BCUT2D eigenvalue weighted by Gasteiger charge is -2.17. The van der Waals surface area contributed by atoms with Crippen molar-refractivity contribution in [1.82, 2.24) is 15.2 Å². The minimum absolute atomic E-state index is 0.161. The number of ether oxygens (including phenoxy) is 1. The highest BCUT2D eigenvalue weighted by atomic mass is 19.2. The number of urea groups is 1. The summed E-state index contributed by atoms with van der Waals surface area (Å²) in [5.41, 5.74) is 2.46. The SMILES string of the molecule is COCCN1CCC(NC(=O)Nc2cccnc2-c2ccccc2)C1.Fc1ccccc1F. The topological polar surface area (TPSA) is 66.5 Å². The number of anilines is 1. The molecule has 2 amide bonds. The van der Waals surface area contributed by atoms with Crippen molar-refractivity contribution in [2.75, 3.05) is 38.7 Å². The minimum atomic E-state index is -0.799. The van der Waals surface area contributed by atoms with Crippen molar-refractivity contribution in [2.45, 2.75) is 12.5 Å². The Morgan fingerprint density at radius 2 is 1.76 bits per heavy atom. The number of rotatable bonds is 6. The Hall–Kier alpha value is -3.36. The van der Waals surface area contributed by atoms with Crippen molar-refractivity contribution in [3.05, 3.63) is 84.6 Å². The van der Waals surface area contributed by atoms with Gasteiger partial charge in [0.25, 0.3) is 0 Å². The molecule has 1 aromatic heterocycles. The van der Waals surface area contributed by atoms with Crippen LogP contribution in [0, 0.1) is 11.6 Å². The van der Waals surface area contributed by atoms with Gasteiger partial charge in [0.15, 0.2) is 11.6 Å². The molecule has 0 spiro atoms. The van der Waals surface area contributed by atoms with E-state index in [-0.39, 0.29) is 12.1 Å². The van der Waals surface area contributed by atoms with Crippen LogP contribution in [0.3, 0.4) is 0 Å². The van der Waals surface area contributed by atoms with Gasteiger partial charge in [0.2, 0.25) is 0 Å². The standard InChI is InChI=1S/C19H24N4O2.C6H4F2/c1-25-13-12-23-11-9-16(14-23)21-19(24)22-17-8-5-10-20-18(17)15-6-3-2-4-7-15;7-5-3-1-2-4-6(5)8/h2-8,10,16H,9,11-14H2,1H3,(H2,21,22,24);1-4H. The summed E-state index contributed by atoms with van der Waals surface area (Å²) in [7, 11) is 1.71. The molecule has 0 radical (unpaired) electrons. The number of carbonyl (C=O) groups is 1. The molecule has 0 aliphatic carbocycles. The second-order valence-electron chi connectivity index (χ2n) is 7.56. The van der Waals surface area contributed by atoms with Crippen molar-refractivity contribution >= 4 is 11.7 Å². The first-order valence-electron chi connectivity index (χ1n) is 10.8. The number of nitrogens with zero attached hydrogens (tertiary/aromatic N) is 2. The summed E-state index contributed by atoms with van der Waals surface area (Å²) < 4.78 is 29.0. The fraction of sp³-hybridized carbons (Fsp3) is 0.280. The van der Waals surface area contributed by atoms with Crippen molar-refractivity contribution in [3.8, 4) is 11.3 Å². The quantitative estimate of drug-likeness (QED) is 0.573. The van der Waals surface area contributed by atoms with Gasteiger partial charge in [-0.2, -0.15) is 0 Å². The summed E-state index contributed by atoms with van der Waals surface area (Å²) in [6.45, 7) is 3.46. The molecule has 2 aromatic carbocycles. The average molecular weight is 455 g/mol. The van der Waals surface area contributed by atoms with Gasteiger partial charge in [-0.3, -0.25) is 9.88 Å². The maximum absolute atomic E-state index is 12.4. The first kappa shape index (κ1) is 24.3.